The number of carbonyl (C=O) groups excluding carboxylic acids is 3. The Balaban J connectivity index is 2.35. The van der Waals surface area contributed by atoms with Crippen molar-refractivity contribution < 1.29 is 23.9 Å². The summed E-state index contributed by atoms with van der Waals surface area (Å²) in [5, 5.41) is 4.64. The van der Waals surface area contributed by atoms with Gasteiger partial charge in [-0.1, -0.05) is 25.5 Å². The summed E-state index contributed by atoms with van der Waals surface area (Å²) in [5.74, 6) is -1.30. The Morgan fingerprint density at radius 1 is 1.12 bits per heavy atom. The van der Waals surface area contributed by atoms with Crippen molar-refractivity contribution in [1.29, 1.82) is 0 Å². The minimum Gasteiger partial charge on any atom is -0.452 e. The summed E-state index contributed by atoms with van der Waals surface area (Å²) >= 11 is 0. The Kier molecular flexibility index (Phi) is 9.24. The third-order valence-corrected chi connectivity index (χ3v) is 3.18. The fourth-order valence-electron chi connectivity index (χ4n) is 1.80. The number of ether oxygens (including phenoxy) is 2. The molecule has 0 saturated heterocycles. The fourth-order valence-corrected chi connectivity index (χ4v) is 1.80. The molecule has 0 aliphatic carbocycles. The summed E-state index contributed by atoms with van der Waals surface area (Å²) in [6.07, 6.45) is 1.89. The average Bonchev–Trinajstić information content (AvgIpc) is 2.58. The lowest BCUT2D eigenvalue weighted by atomic mass is 10.1. The molecule has 0 spiro atoms. The molecule has 1 rings (SSSR count). The molecule has 2 N–H and O–H groups in total. The highest BCUT2D eigenvalue weighted by molar-refractivity contribution is 5.97. The smallest absolute Gasteiger partial charge is 0.338 e. The van der Waals surface area contributed by atoms with Gasteiger partial charge in [0, 0.05) is 6.54 Å². The van der Waals surface area contributed by atoms with Gasteiger partial charge in [0.1, 0.15) is 0 Å². The lowest BCUT2D eigenvalue weighted by Gasteiger charge is -2.09. The second-order valence-electron chi connectivity index (χ2n) is 5.79. The monoisotopic (exact) mass is 350 g/mol. The van der Waals surface area contributed by atoms with E-state index < -0.39 is 24.5 Å². The number of carbonyl (C=O) groups is 3. The zero-order valence-electron chi connectivity index (χ0n) is 15.0. The fraction of sp³-hybridized carbons (Fsp3) is 0.500. The Bertz CT molecular complexity index is 569. The molecule has 0 radical (unpaired) electrons. The minimum atomic E-state index is -0.677. The zero-order chi connectivity index (χ0) is 18.7. The third kappa shape index (κ3) is 8.85. The molecule has 0 aromatic heterocycles. The SMILES string of the molecule is CCCCNC(=O)NC(=O)COC(=O)c1ccc(COC(C)C)cc1. The molecule has 0 saturated carbocycles. The van der Waals surface area contributed by atoms with Gasteiger partial charge in [0.05, 0.1) is 18.3 Å². The van der Waals surface area contributed by atoms with Crippen LogP contribution in [0, 0.1) is 0 Å². The number of hydrogen-bond donors (Lipinski definition) is 2. The molecular formula is C18H26N2O5. The molecule has 138 valence electrons. The van der Waals surface area contributed by atoms with Crippen molar-refractivity contribution in [3.8, 4) is 0 Å². The van der Waals surface area contributed by atoms with Gasteiger partial charge in [0.15, 0.2) is 6.61 Å². The molecule has 0 atom stereocenters. The predicted octanol–water partition coefficient (Wildman–Crippen LogP) is 2.39. The first-order valence-electron chi connectivity index (χ1n) is 8.37. The van der Waals surface area contributed by atoms with Gasteiger partial charge < -0.3 is 14.8 Å². The zero-order valence-corrected chi connectivity index (χ0v) is 15.0. The van der Waals surface area contributed by atoms with Gasteiger partial charge in [-0.2, -0.15) is 0 Å². The first kappa shape index (κ1) is 20.6. The summed E-state index contributed by atoms with van der Waals surface area (Å²) in [4.78, 5) is 34.8. The van der Waals surface area contributed by atoms with Gasteiger partial charge in [-0.3, -0.25) is 10.1 Å². The van der Waals surface area contributed by atoms with Crippen molar-refractivity contribution in [2.75, 3.05) is 13.2 Å². The largest absolute Gasteiger partial charge is 0.452 e. The summed E-state index contributed by atoms with van der Waals surface area (Å²) in [6.45, 7) is 6.32. The molecule has 0 aliphatic rings. The maximum atomic E-state index is 11.9. The van der Waals surface area contributed by atoms with Crippen LogP contribution in [-0.4, -0.2) is 37.2 Å². The van der Waals surface area contributed by atoms with Crippen LogP contribution < -0.4 is 10.6 Å². The predicted molar refractivity (Wildman–Crippen MR) is 93.1 cm³/mol. The van der Waals surface area contributed by atoms with Crippen molar-refractivity contribution in [3.05, 3.63) is 35.4 Å². The van der Waals surface area contributed by atoms with Crippen LogP contribution in [0.5, 0.6) is 0 Å². The molecule has 0 aliphatic heterocycles. The van der Waals surface area contributed by atoms with Crippen LogP contribution in [0.2, 0.25) is 0 Å². The maximum Gasteiger partial charge on any atom is 0.338 e. The lowest BCUT2D eigenvalue weighted by molar-refractivity contribution is -0.123. The van der Waals surface area contributed by atoms with Crippen molar-refractivity contribution in [2.45, 2.75) is 46.3 Å². The normalized spacial score (nSPS) is 10.4. The van der Waals surface area contributed by atoms with E-state index >= 15 is 0 Å². The second kappa shape index (κ2) is 11.2. The molecule has 25 heavy (non-hydrogen) atoms. The van der Waals surface area contributed by atoms with Gasteiger partial charge in [0.2, 0.25) is 0 Å². The maximum absolute atomic E-state index is 11.9. The van der Waals surface area contributed by atoms with E-state index in [0.717, 1.165) is 18.4 Å². The number of rotatable bonds is 9. The molecule has 3 amide bonds. The number of unbranched alkanes of at least 4 members (excludes halogenated alkanes) is 1. The van der Waals surface area contributed by atoms with Gasteiger partial charge in [-0.25, -0.2) is 9.59 Å². The molecule has 0 unspecified atom stereocenters. The van der Waals surface area contributed by atoms with Crippen LogP contribution in [0.1, 0.15) is 49.5 Å². The van der Waals surface area contributed by atoms with Crippen LogP contribution in [0.4, 0.5) is 4.79 Å². The van der Waals surface area contributed by atoms with E-state index in [9.17, 15) is 14.4 Å². The number of esters is 1. The van der Waals surface area contributed by atoms with Gasteiger partial charge in [0.25, 0.3) is 5.91 Å². The highest BCUT2D eigenvalue weighted by atomic mass is 16.5. The van der Waals surface area contributed by atoms with Crippen molar-refractivity contribution in [2.24, 2.45) is 0 Å². The van der Waals surface area contributed by atoms with E-state index in [1.807, 2.05) is 20.8 Å². The van der Waals surface area contributed by atoms with E-state index in [0.29, 0.717) is 18.7 Å². The van der Waals surface area contributed by atoms with Crippen molar-refractivity contribution in [3.63, 3.8) is 0 Å². The number of urea groups is 1. The standard InChI is InChI=1S/C18H26N2O5/c1-4-5-10-19-18(23)20-16(21)12-25-17(22)15-8-6-14(7-9-15)11-24-13(2)3/h6-9,13H,4-5,10-12H2,1-3H3,(H2,19,20,21,23). The number of nitrogens with one attached hydrogen (secondary N) is 2. The van der Waals surface area contributed by atoms with E-state index in [-0.39, 0.29) is 6.10 Å². The molecule has 0 bridgehead atoms. The number of benzene rings is 1. The van der Waals surface area contributed by atoms with Crippen LogP contribution in [0.15, 0.2) is 24.3 Å². The topological polar surface area (TPSA) is 93.7 Å². The molecule has 1 aromatic carbocycles. The van der Waals surface area contributed by atoms with Crippen LogP contribution >= 0.6 is 0 Å². The minimum absolute atomic E-state index is 0.127. The van der Waals surface area contributed by atoms with Crippen molar-refractivity contribution >= 4 is 17.9 Å². The van der Waals surface area contributed by atoms with Crippen LogP contribution in [0.25, 0.3) is 0 Å². The summed E-state index contributed by atoms with van der Waals surface area (Å²) in [6, 6.07) is 6.15. The Morgan fingerprint density at radius 3 is 2.40 bits per heavy atom. The molecule has 1 aromatic rings. The van der Waals surface area contributed by atoms with E-state index in [4.69, 9.17) is 9.47 Å². The van der Waals surface area contributed by atoms with E-state index in [2.05, 4.69) is 10.6 Å². The van der Waals surface area contributed by atoms with Gasteiger partial charge in [-0.05, 0) is 38.0 Å². The van der Waals surface area contributed by atoms with Crippen molar-refractivity contribution in [1.82, 2.24) is 10.6 Å². The highest BCUT2D eigenvalue weighted by Gasteiger charge is 2.12. The number of hydrogen-bond acceptors (Lipinski definition) is 5. The molecule has 7 heteroatoms. The quantitative estimate of drug-likeness (QED) is 0.527. The summed E-state index contributed by atoms with van der Waals surface area (Å²) in [7, 11) is 0. The third-order valence-electron chi connectivity index (χ3n) is 3.18. The van der Waals surface area contributed by atoms with Gasteiger partial charge >= 0.3 is 12.0 Å². The molecule has 0 fully saturated rings. The van der Waals surface area contributed by atoms with E-state index in [1.165, 1.54) is 0 Å². The Hall–Kier alpha value is -2.41. The summed E-state index contributed by atoms with van der Waals surface area (Å²) in [5.41, 5.74) is 1.26. The molecular weight excluding hydrogens is 324 g/mol. The van der Waals surface area contributed by atoms with E-state index in [1.54, 1.807) is 24.3 Å². The number of imide groups is 1. The second-order valence-corrected chi connectivity index (χ2v) is 5.79. The van der Waals surface area contributed by atoms with Crippen LogP contribution in [-0.2, 0) is 20.9 Å². The van der Waals surface area contributed by atoms with Gasteiger partial charge in [-0.15, -0.1) is 0 Å². The summed E-state index contributed by atoms with van der Waals surface area (Å²) < 4.78 is 10.4. The lowest BCUT2D eigenvalue weighted by Crippen LogP contribution is -2.41. The number of amides is 3. The average molecular weight is 350 g/mol. The Labute approximate surface area is 148 Å². The first-order chi connectivity index (χ1) is 11.9. The Morgan fingerprint density at radius 2 is 1.80 bits per heavy atom. The molecule has 7 nitrogen and oxygen atoms in total. The van der Waals surface area contributed by atoms with Crippen LogP contribution in [0.3, 0.4) is 0 Å². The highest BCUT2D eigenvalue weighted by Crippen LogP contribution is 2.08. The first-order valence-corrected chi connectivity index (χ1v) is 8.37. The molecule has 0 heterocycles.